The molecular formula is C33H31Cl2FN4O4S. The number of aromatic nitrogens is 3. The van der Waals surface area contributed by atoms with E-state index >= 15 is 0 Å². The standard InChI is InChI=1S/C33H31Cl2FN4O4S/c1-3-38(4-2)45(42,43)28-19-22(14-17-25(28)35)32(41)31-30(21-12-15-23(34)16-13-21)24-9-7-8-18-39-29(37-40(31)33(24)39)20-44-27-11-6-5-10-26(27)36/h5-6,10-17,19H,3-4,7-9,18,20H2,1-2H3. The van der Waals surface area contributed by atoms with E-state index in [4.69, 9.17) is 33.0 Å². The highest BCUT2D eigenvalue weighted by Crippen LogP contribution is 2.39. The monoisotopic (exact) mass is 668 g/mol. The average molecular weight is 670 g/mol. The summed E-state index contributed by atoms with van der Waals surface area (Å²) in [6.45, 7) is 4.62. The van der Waals surface area contributed by atoms with Crippen LogP contribution in [0.4, 0.5) is 4.39 Å². The fourth-order valence-corrected chi connectivity index (χ4v) is 8.02. The Balaban J connectivity index is 1.55. The van der Waals surface area contributed by atoms with Gasteiger partial charge in [-0.25, -0.2) is 17.3 Å². The molecule has 6 rings (SSSR count). The molecule has 1 aliphatic rings. The molecule has 0 atom stereocenters. The Morgan fingerprint density at radius 2 is 1.76 bits per heavy atom. The molecular weight excluding hydrogens is 638 g/mol. The van der Waals surface area contributed by atoms with E-state index in [2.05, 4.69) is 0 Å². The van der Waals surface area contributed by atoms with Crippen molar-refractivity contribution in [2.45, 2.75) is 51.2 Å². The van der Waals surface area contributed by atoms with Gasteiger partial charge in [-0.15, -0.1) is 5.10 Å². The van der Waals surface area contributed by atoms with Gasteiger partial charge in [0.2, 0.25) is 15.8 Å². The van der Waals surface area contributed by atoms with E-state index in [1.165, 1.54) is 28.6 Å². The van der Waals surface area contributed by atoms with Crippen molar-refractivity contribution in [2.75, 3.05) is 13.1 Å². The molecule has 3 heterocycles. The van der Waals surface area contributed by atoms with Crippen LogP contribution in [-0.2, 0) is 29.6 Å². The molecule has 12 heteroatoms. The SMILES string of the molecule is CCN(CC)S(=O)(=O)c1cc(C(=O)c2c(-c3ccc(Cl)cc3)c3c4n(c(COc5ccccc5F)nn24)CCCC3)ccc1Cl. The lowest BCUT2D eigenvalue weighted by molar-refractivity contribution is 0.103. The van der Waals surface area contributed by atoms with Gasteiger partial charge in [-0.3, -0.25) is 4.79 Å². The summed E-state index contributed by atoms with van der Waals surface area (Å²) in [5.74, 6) is -0.255. The number of carbonyl (C=O) groups excluding carboxylic acids is 1. The first-order valence-corrected chi connectivity index (χ1v) is 17.0. The fourth-order valence-electron chi connectivity index (χ4n) is 5.93. The molecule has 1 aliphatic heterocycles. The Kier molecular flexibility index (Phi) is 8.76. The first-order chi connectivity index (χ1) is 21.6. The second-order valence-corrected chi connectivity index (χ2v) is 13.5. The maximum Gasteiger partial charge on any atom is 0.244 e. The van der Waals surface area contributed by atoms with Gasteiger partial charge in [-0.05, 0) is 67.3 Å². The van der Waals surface area contributed by atoms with E-state index in [9.17, 15) is 17.6 Å². The van der Waals surface area contributed by atoms with E-state index in [0.29, 0.717) is 29.4 Å². The summed E-state index contributed by atoms with van der Waals surface area (Å²) in [6, 6.07) is 17.7. The highest BCUT2D eigenvalue weighted by Gasteiger charge is 2.32. The quantitative estimate of drug-likeness (QED) is 0.145. The molecule has 45 heavy (non-hydrogen) atoms. The van der Waals surface area contributed by atoms with E-state index in [1.807, 2.05) is 16.7 Å². The summed E-state index contributed by atoms with van der Waals surface area (Å²) >= 11 is 12.6. The number of nitrogens with zero attached hydrogens (tertiary/aromatic N) is 4. The number of ether oxygens (including phenoxy) is 1. The van der Waals surface area contributed by atoms with Crippen molar-refractivity contribution in [1.29, 1.82) is 0 Å². The number of hydrogen-bond acceptors (Lipinski definition) is 5. The third-order valence-electron chi connectivity index (χ3n) is 8.12. The molecule has 0 aliphatic carbocycles. The van der Waals surface area contributed by atoms with E-state index in [1.54, 1.807) is 48.7 Å². The fraction of sp³-hybridized carbons (Fsp3) is 0.273. The number of sulfonamides is 1. The molecule has 3 aromatic carbocycles. The van der Waals surface area contributed by atoms with Gasteiger partial charge in [-0.2, -0.15) is 4.31 Å². The van der Waals surface area contributed by atoms with E-state index in [0.717, 1.165) is 29.6 Å². The number of carbonyl (C=O) groups is 1. The van der Waals surface area contributed by atoms with Crippen molar-refractivity contribution in [1.82, 2.24) is 18.5 Å². The van der Waals surface area contributed by atoms with Gasteiger partial charge in [0.15, 0.2) is 17.4 Å². The summed E-state index contributed by atoms with van der Waals surface area (Å²) in [4.78, 5) is 14.4. The Bertz CT molecular complexity index is 2020. The van der Waals surface area contributed by atoms with Crippen molar-refractivity contribution in [3.8, 4) is 16.9 Å². The first-order valence-electron chi connectivity index (χ1n) is 14.8. The molecule has 0 spiro atoms. The van der Waals surface area contributed by atoms with Crippen LogP contribution < -0.4 is 4.74 Å². The van der Waals surface area contributed by atoms with Crippen LogP contribution in [0, 0.1) is 5.82 Å². The molecule has 0 saturated carbocycles. The smallest absolute Gasteiger partial charge is 0.244 e. The first kappa shape index (κ1) is 31.3. The number of ketones is 1. The minimum atomic E-state index is -3.95. The lowest BCUT2D eigenvalue weighted by Crippen LogP contribution is -2.31. The molecule has 0 saturated heterocycles. The molecule has 0 fully saturated rings. The molecule has 0 N–H and O–H groups in total. The Labute approximate surface area is 271 Å². The van der Waals surface area contributed by atoms with Gasteiger partial charge in [-0.1, -0.05) is 61.3 Å². The van der Waals surface area contributed by atoms with Crippen molar-refractivity contribution in [2.24, 2.45) is 0 Å². The Morgan fingerprint density at radius 1 is 1.02 bits per heavy atom. The van der Waals surface area contributed by atoms with Crippen molar-refractivity contribution in [3.05, 3.63) is 105 Å². The van der Waals surface area contributed by atoms with Crippen LogP contribution in [0.2, 0.25) is 10.0 Å². The normalized spacial score (nSPS) is 13.4. The minimum Gasteiger partial charge on any atom is -0.483 e. The molecule has 234 valence electrons. The van der Waals surface area contributed by atoms with Crippen LogP contribution in [0.3, 0.4) is 0 Å². The maximum absolute atomic E-state index is 14.6. The second-order valence-electron chi connectivity index (χ2n) is 10.8. The summed E-state index contributed by atoms with van der Waals surface area (Å²) in [7, 11) is -3.95. The molecule has 0 unspecified atom stereocenters. The molecule has 0 radical (unpaired) electrons. The highest BCUT2D eigenvalue weighted by atomic mass is 35.5. The van der Waals surface area contributed by atoms with Crippen LogP contribution >= 0.6 is 23.2 Å². The van der Waals surface area contributed by atoms with Crippen LogP contribution in [0.1, 0.15) is 54.1 Å². The van der Waals surface area contributed by atoms with Gasteiger partial charge in [0, 0.05) is 41.3 Å². The van der Waals surface area contributed by atoms with Crippen molar-refractivity contribution in [3.63, 3.8) is 0 Å². The zero-order valence-electron chi connectivity index (χ0n) is 24.8. The van der Waals surface area contributed by atoms with Gasteiger partial charge in [0.05, 0.1) is 5.02 Å². The zero-order valence-corrected chi connectivity index (χ0v) is 27.1. The van der Waals surface area contributed by atoms with Crippen LogP contribution in [0.5, 0.6) is 5.75 Å². The van der Waals surface area contributed by atoms with E-state index < -0.39 is 21.6 Å². The van der Waals surface area contributed by atoms with Crippen LogP contribution in [0.25, 0.3) is 16.8 Å². The van der Waals surface area contributed by atoms with Gasteiger partial charge < -0.3 is 9.30 Å². The Hall–Kier alpha value is -3.70. The van der Waals surface area contributed by atoms with Gasteiger partial charge >= 0.3 is 0 Å². The van der Waals surface area contributed by atoms with Crippen LogP contribution in [-0.4, -0.2) is 45.8 Å². The van der Waals surface area contributed by atoms with Crippen molar-refractivity contribution >= 4 is 44.7 Å². The number of rotatable bonds is 10. The summed E-state index contributed by atoms with van der Waals surface area (Å²) < 4.78 is 52.1. The largest absolute Gasteiger partial charge is 0.483 e. The topological polar surface area (TPSA) is 85.9 Å². The number of halogens is 3. The molecule has 2 aromatic heterocycles. The molecule has 0 bridgehead atoms. The highest BCUT2D eigenvalue weighted by molar-refractivity contribution is 7.89. The number of benzene rings is 3. The Morgan fingerprint density at radius 3 is 2.47 bits per heavy atom. The predicted molar refractivity (Wildman–Crippen MR) is 172 cm³/mol. The molecule has 8 nitrogen and oxygen atoms in total. The number of para-hydroxylation sites is 1. The molecule has 0 amide bonds. The average Bonchev–Trinajstić information content (AvgIpc) is 3.43. The minimum absolute atomic E-state index is 0.0147. The third kappa shape index (κ3) is 5.65. The number of aryl methyl sites for hydroxylation is 2. The van der Waals surface area contributed by atoms with Crippen molar-refractivity contribution < 1.29 is 22.3 Å². The summed E-state index contributed by atoms with van der Waals surface area (Å²) in [6.07, 6.45) is 2.44. The third-order valence-corrected chi connectivity index (χ3v) is 10.9. The van der Waals surface area contributed by atoms with Crippen LogP contribution in [0.15, 0.2) is 71.6 Å². The zero-order chi connectivity index (χ0) is 31.9. The summed E-state index contributed by atoms with van der Waals surface area (Å²) in [5.41, 5.74) is 3.61. The van der Waals surface area contributed by atoms with E-state index in [-0.39, 0.29) is 46.6 Å². The lowest BCUT2D eigenvalue weighted by Gasteiger charge is -2.19. The maximum atomic E-state index is 14.6. The lowest BCUT2D eigenvalue weighted by atomic mass is 9.95. The van der Waals surface area contributed by atoms with Gasteiger partial charge in [0.1, 0.15) is 22.8 Å². The number of hydrogen-bond donors (Lipinski definition) is 0. The molecule has 5 aromatic rings. The predicted octanol–water partition coefficient (Wildman–Crippen LogP) is 7.43. The summed E-state index contributed by atoms with van der Waals surface area (Å²) in [5, 5.41) is 5.44. The van der Waals surface area contributed by atoms with Gasteiger partial charge in [0.25, 0.3) is 0 Å². The second kappa shape index (κ2) is 12.6.